The van der Waals surface area contributed by atoms with Crippen LogP contribution in [0.1, 0.15) is 38.5 Å². The van der Waals surface area contributed by atoms with Crippen molar-refractivity contribution in [1.29, 1.82) is 0 Å². The summed E-state index contributed by atoms with van der Waals surface area (Å²) in [6.45, 7) is 4.30. The number of nitrogens with zero attached hydrogens (tertiary/aromatic N) is 3. The number of rotatable bonds is 7. The van der Waals surface area contributed by atoms with Gasteiger partial charge in [-0.2, -0.15) is 4.72 Å². The molecule has 1 aromatic carbocycles. The Morgan fingerprint density at radius 1 is 1.06 bits per heavy atom. The van der Waals surface area contributed by atoms with Crippen LogP contribution in [0.5, 0.6) is 0 Å². The Morgan fingerprint density at radius 3 is 2.63 bits per heavy atom. The molecule has 35 heavy (non-hydrogen) atoms. The summed E-state index contributed by atoms with van der Waals surface area (Å²) in [7, 11) is -3.88. The summed E-state index contributed by atoms with van der Waals surface area (Å²) in [6.07, 6.45) is 5.48. The predicted molar refractivity (Wildman–Crippen MR) is 137 cm³/mol. The first-order chi connectivity index (χ1) is 16.8. The molecule has 8 nitrogen and oxygen atoms in total. The molecule has 0 saturated carbocycles. The summed E-state index contributed by atoms with van der Waals surface area (Å²) in [5, 5.41) is 1.29. The number of carbonyl (C=O) groups is 2. The van der Waals surface area contributed by atoms with Gasteiger partial charge >= 0.3 is 0 Å². The molecule has 3 fully saturated rings. The van der Waals surface area contributed by atoms with Crippen LogP contribution in [0.2, 0.25) is 5.02 Å². The van der Waals surface area contributed by atoms with E-state index in [0.29, 0.717) is 24.4 Å². The molecule has 3 aliphatic heterocycles. The number of piperidine rings is 1. The highest BCUT2D eigenvalue weighted by molar-refractivity contribution is 7.91. The number of hydrogen-bond donors (Lipinski definition) is 1. The minimum atomic E-state index is -3.88. The normalized spacial score (nSPS) is 24.1. The standard InChI is InChI=1S/C24H31ClN4O4S2/c25-18-7-8-21-17(13-18)14-23(34-21)35(32,33)26-20-6-4-11-28(24(20)31)16-22(30)29-12-3-5-19(29)15-27-9-1-2-10-27/h7-8,13-14,19-20,26H,1-6,9-12,15-16H2. The number of hydrogen-bond acceptors (Lipinski definition) is 6. The number of likely N-dealkylation sites (tertiary alicyclic amines) is 3. The first-order valence-electron chi connectivity index (χ1n) is 12.3. The van der Waals surface area contributed by atoms with Crippen LogP contribution in [0.3, 0.4) is 0 Å². The minimum Gasteiger partial charge on any atom is -0.337 e. The van der Waals surface area contributed by atoms with Gasteiger partial charge in [0, 0.05) is 35.4 Å². The van der Waals surface area contributed by atoms with Gasteiger partial charge in [0.2, 0.25) is 11.8 Å². The van der Waals surface area contributed by atoms with Crippen LogP contribution < -0.4 is 4.72 Å². The molecule has 1 aromatic heterocycles. The third kappa shape index (κ3) is 5.51. The van der Waals surface area contributed by atoms with E-state index < -0.39 is 16.1 Å². The second kappa shape index (κ2) is 10.3. The van der Waals surface area contributed by atoms with Crippen molar-refractivity contribution in [1.82, 2.24) is 19.4 Å². The highest BCUT2D eigenvalue weighted by atomic mass is 35.5. The highest BCUT2D eigenvalue weighted by Crippen LogP contribution is 2.31. The van der Waals surface area contributed by atoms with Gasteiger partial charge in [-0.25, -0.2) is 8.42 Å². The van der Waals surface area contributed by atoms with Crippen LogP contribution in [0.4, 0.5) is 0 Å². The van der Waals surface area contributed by atoms with Crippen molar-refractivity contribution in [2.75, 3.05) is 39.3 Å². The van der Waals surface area contributed by atoms with Gasteiger partial charge in [-0.15, -0.1) is 11.3 Å². The molecule has 4 heterocycles. The fourth-order valence-corrected chi connectivity index (χ4v) is 8.24. The number of nitrogens with one attached hydrogen (secondary N) is 1. The average molecular weight is 539 g/mol. The number of benzene rings is 1. The fraction of sp³-hybridized carbons (Fsp3) is 0.583. The average Bonchev–Trinajstić information content (AvgIpc) is 3.57. The lowest BCUT2D eigenvalue weighted by Crippen LogP contribution is -2.55. The maximum absolute atomic E-state index is 13.2. The zero-order valence-electron chi connectivity index (χ0n) is 19.6. The minimum absolute atomic E-state index is 0.00888. The molecular formula is C24H31ClN4O4S2. The molecule has 5 rings (SSSR count). The second-order valence-electron chi connectivity index (χ2n) is 9.71. The van der Waals surface area contributed by atoms with Crippen molar-refractivity contribution in [2.45, 2.75) is 54.8 Å². The molecule has 0 spiro atoms. The van der Waals surface area contributed by atoms with Crippen molar-refractivity contribution in [3.05, 3.63) is 29.3 Å². The topological polar surface area (TPSA) is 90.0 Å². The van der Waals surface area contributed by atoms with Crippen molar-refractivity contribution >= 4 is 54.9 Å². The van der Waals surface area contributed by atoms with Gasteiger partial charge in [-0.3, -0.25) is 9.59 Å². The number of fused-ring (bicyclic) bond motifs is 1. The third-order valence-corrected chi connectivity index (χ3v) is 10.5. The quantitative estimate of drug-likeness (QED) is 0.585. The molecule has 190 valence electrons. The van der Waals surface area contributed by atoms with Crippen molar-refractivity contribution in [3.8, 4) is 0 Å². The van der Waals surface area contributed by atoms with E-state index in [9.17, 15) is 18.0 Å². The van der Waals surface area contributed by atoms with E-state index >= 15 is 0 Å². The van der Waals surface area contributed by atoms with E-state index in [-0.39, 0.29) is 28.6 Å². The molecule has 3 aliphatic rings. The summed E-state index contributed by atoms with van der Waals surface area (Å²) in [5.41, 5.74) is 0. The lowest BCUT2D eigenvalue weighted by Gasteiger charge is -2.34. The van der Waals surface area contributed by atoms with Gasteiger partial charge in [0.1, 0.15) is 10.3 Å². The maximum Gasteiger partial charge on any atom is 0.250 e. The summed E-state index contributed by atoms with van der Waals surface area (Å²) in [6, 6.07) is 6.15. The number of amides is 2. The van der Waals surface area contributed by atoms with Gasteiger partial charge in [-0.1, -0.05) is 11.6 Å². The van der Waals surface area contributed by atoms with Crippen LogP contribution in [-0.4, -0.2) is 86.3 Å². The number of sulfonamides is 1. The highest BCUT2D eigenvalue weighted by Gasteiger charge is 2.36. The third-order valence-electron chi connectivity index (χ3n) is 7.24. The maximum atomic E-state index is 13.2. The molecule has 3 saturated heterocycles. The Hall–Kier alpha value is -1.72. The Balaban J connectivity index is 1.22. The van der Waals surface area contributed by atoms with Crippen LogP contribution in [0.25, 0.3) is 10.1 Å². The zero-order chi connectivity index (χ0) is 24.6. The van der Waals surface area contributed by atoms with Crippen LogP contribution in [-0.2, 0) is 19.6 Å². The van der Waals surface area contributed by atoms with Gasteiger partial charge in [0.05, 0.1) is 6.54 Å². The van der Waals surface area contributed by atoms with E-state index in [2.05, 4.69) is 9.62 Å². The molecular weight excluding hydrogens is 508 g/mol. The van der Waals surface area contributed by atoms with E-state index in [0.717, 1.165) is 60.4 Å². The van der Waals surface area contributed by atoms with Crippen LogP contribution in [0, 0.1) is 0 Å². The summed E-state index contributed by atoms with van der Waals surface area (Å²) >= 11 is 7.17. The Bertz CT molecular complexity index is 1210. The molecule has 2 aromatic rings. The van der Waals surface area contributed by atoms with Gasteiger partial charge in [-0.05, 0) is 81.3 Å². The first kappa shape index (κ1) is 25.0. The Labute approximate surface area is 215 Å². The van der Waals surface area contributed by atoms with E-state index in [1.807, 2.05) is 4.90 Å². The van der Waals surface area contributed by atoms with E-state index in [1.165, 1.54) is 17.7 Å². The van der Waals surface area contributed by atoms with E-state index in [1.54, 1.807) is 24.3 Å². The fourth-order valence-electron chi connectivity index (χ4n) is 5.45. The zero-order valence-corrected chi connectivity index (χ0v) is 22.0. The van der Waals surface area contributed by atoms with E-state index in [4.69, 9.17) is 11.6 Å². The molecule has 0 aliphatic carbocycles. The molecule has 2 amide bonds. The second-order valence-corrected chi connectivity index (χ2v) is 13.2. The van der Waals surface area contributed by atoms with Gasteiger partial charge < -0.3 is 14.7 Å². The van der Waals surface area contributed by atoms with Crippen LogP contribution >= 0.6 is 22.9 Å². The van der Waals surface area contributed by atoms with Gasteiger partial charge in [0.25, 0.3) is 10.0 Å². The molecule has 11 heteroatoms. The largest absolute Gasteiger partial charge is 0.337 e. The molecule has 2 unspecified atom stereocenters. The first-order valence-corrected chi connectivity index (χ1v) is 15.0. The monoisotopic (exact) mass is 538 g/mol. The smallest absolute Gasteiger partial charge is 0.250 e. The lowest BCUT2D eigenvalue weighted by atomic mass is 10.1. The van der Waals surface area contributed by atoms with Crippen LogP contribution in [0.15, 0.2) is 28.5 Å². The SMILES string of the molecule is O=C1C(NS(=O)(=O)c2cc3cc(Cl)ccc3s2)CCCN1CC(=O)N1CCCC1CN1CCCC1. The van der Waals surface area contributed by atoms with Crippen molar-refractivity contribution in [3.63, 3.8) is 0 Å². The molecule has 0 bridgehead atoms. The molecule has 1 N–H and O–H groups in total. The molecule has 0 radical (unpaired) electrons. The summed E-state index contributed by atoms with van der Waals surface area (Å²) in [4.78, 5) is 32.2. The Morgan fingerprint density at radius 2 is 1.83 bits per heavy atom. The van der Waals surface area contributed by atoms with Crippen molar-refractivity contribution < 1.29 is 18.0 Å². The summed E-state index contributed by atoms with van der Waals surface area (Å²) in [5.74, 6) is -0.363. The van der Waals surface area contributed by atoms with Crippen molar-refractivity contribution in [2.24, 2.45) is 0 Å². The number of carbonyl (C=O) groups excluding carboxylic acids is 2. The molecule has 2 atom stereocenters. The Kier molecular flexibility index (Phi) is 7.37. The number of halogens is 1. The summed E-state index contributed by atoms with van der Waals surface area (Å²) < 4.78 is 29.7. The predicted octanol–water partition coefficient (Wildman–Crippen LogP) is 2.91. The number of thiophene rings is 1. The lowest BCUT2D eigenvalue weighted by molar-refractivity contribution is -0.143. The van der Waals surface area contributed by atoms with Gasteiger partial charge in [0.15, 0.2) is 0 Å².